The van der Waals surface area contributed by atoms with Crippen LogP contribution in [-0.4, -0.2) is 11.9 Å². The SMILES string of the molecule is CC(Cc1ccsc1)NC(=O)c1ccc(N)cc1N. The van der Waals surface area contributed by atoms with Crippen LogP contribution in [0.3, 0.4) is 0 Å². The molecule has 0 aliphatic rings. The van der Waals surface area contributed by atoms with Gasteiger partial charge in [0.1, 0.15) is 0 Å². The van der Waals surface area contributed by atoms with Gasteiger partial charge in [0, 0.05) is 17.4 Å². The maximum atomic E-state index is 12.1. The fourth-order valence-electron chi connectivity index (χ4n) is 1.90. The Kier molecular flexibility index (Phi) is 4.06. The van der Waals surface area contributed by atoms with E-state index in [0.29, 0.717) is 16.9 Å². The molecule has 1 unspecified atom stereocenters. The number of benzene rings is 1. The number of nitrogens with two attached hydrogens (primary N) is 2. The predicted octanol–water partition coefficient (Wildman–Crippen LogP) is 2.27. The normalized spacial score (nSPS) is 12.1. The number of thiophene rings is 1. The van der Waals surface area contributed by atoms with Gasteiger partial charge >= 0.3 is 0 Å². The summed E-state index contributed by atoms with van der Waals surface area (Å²) in [6.07, 6.45) is 0.810. The third kappa shape index (κ3) is 3.48. The van der Waals surface area contributed by atoms with Crippen molar-refractivity contribution >= 4 is 28.6 Å². The molecule has 19 heavy (non-hydrogen) atoms. The zero-order valence-corrected chi connectivity index (χ0v) is 11.5. The molecule has 5 N–H and O–H groups in total. The zero-order valence-electron chi connectivity index (χ0n) is 10.7. The van der Waals surface area contributed by atoms with Gasteiger partial charge in [-0.2, -0.15) is 11.3 Å². The Morgan fingerprint density at radius 2 is 2.16 bits per heavy atom. The van der Waals surface area contributed by atoms with Crippen LogP contribution in [0.15, 0.2) is 35.0 Å². The molecule has 0 radical (unpaired) electrons. The molecule has 0 bridgehead atoms. The average Bonchev–Trinajstić information content (AvgIpc) is 2.81. The molecule has 1 aromatic carbocycles. The summed E-state index contributed by atoms with van der Waals surface area (Å²) in [4.78, 5) is 12.1. The molecule has 2 aromatic rings. The summed E-state index contributed by atoms with van der Waals surface area (Å²) >= 11 is 1.65. The monoisotopic (exact) mass is 275 g/mol. The van der Waals surface area contributed by atoms with E-state index in [1.54, 1.807) is 29.5 Å². The highest BCUT2D eigenvalue weighted by atomic mass is 32.1. The summed E-state index contributed by atoms with van der Waals surface area (Å²) in [6.45, 7) is 1.98. The molecule has 0 aliphatic carbocycles. The predicted molar refractivity (Wildman–Crippen MR) is 80.2 cm³/mol. The van der Waals surface area contributed by atoms with Crippen LogP contribution in [0, 0.1) is 0 Å². The van der Waals surface area contributed by atoms with Crippen LogP contribution in [0.5, 0.6) is 0 Å². The number of carbonyl (C=O) groups excluding carboxylic acids is 1. The maximum absolute atomic E-state index is 12.1. The Morgan fingerprint density at radius 1 is 1.37 bits per heavy atom. The lowest BCUT2D eigenvalue weighted by Crippen LogP contribution is -2.34. The Morgan fingerprint density at radius 3 is 2.79 bits per heavy atom. The van der Waals surface area contributed by atoms with Crippen LogP contribution in [0.1, 0.15) is 22.8 Å². The van der Waals surface area contributed by atoms with Crippen LogP contribution in [-0.2, 0) is 6.42 Å². The van der Waals surface area contributed by atoms with E-state index in [0.717, 1.165) is 6.42 Å². The number of nitrogens with one attached hydrogen (secondary N) is 1. The Bertz CT molecular complexity index is 566. The van der Waals surface area contributed by atoms with Crippen molar-refractivity contribution in [2.24, 2.45) is 0 Å². The van der Waals surface area contributed by atoms with Gasteiger partial charge < -0.3 is 16.8 Å². The van der Waals surface area contributed by atoms with Crippen LogP contribution in [0.25, 0.3) is 0 Å². The summed E-state index contributed by atoms with van der Waals surface area (Å²) in [5, 5.41) is 7.05. The molecule has 0 fully saturated rings. The van der Waals surface area contributed by atoms with Gasteiger partial charge in [-0.15, -0.1) is 0 Å². The highest BCUT2D eigenvalue weighted by Crippen LogP contribution is 2.16. The topological polar surface area (TPSA) is 81.1 Å². The van der Waals surface area contributed by atoms with E-state index in [-0.39, 0.29) is 11.9 Å². The molecule has 5 heteroatoms. The first-order valence-electron chi connectivity index (χ1n) is 6.03. The number of rotatable bonds is 4. The Labute approximate surface area is 116 Å². The summed E-state index contributed by atoms with van der Waals surface area (Å²) < 4.78 is 0. The van der Waals surface area contributed by atoms with E-state index >= 15 is 0 Å². The van der Waals surface area contributed by atoms with Gasteiger partial charge in [0.2, 0.25) is 0 Å². The first-order chi connectivity index (χ1) is 9.06. The van der Waals surface area contributed by atoms with Crippen molar-refractivity contribution in [3.05, 3.63) is 46.2 Å². The molecule has 100 valence electrons. The number of hydrogen-bond donors (Lipinski definition) is 3. The highest BCUT2D eigenvalue weighted by molar-refractivity contribution is 7.07. The third-order valence-electron chi connectivity index (χ3n) is 2.82. The minimum Gasteiger partial charge on any atom is -0.399 e. The second-order valence-corrected chi connectivity index (χ2v) is 5.34. The van der Waals surface area contributed by atoms with Crippen LogP contribution in [0.2, 0.25) is 0 Å². The van der Waals surface area contributed by atoms with Crippen molar-refractivity contribution in [2.75, 3.05) is 11.5 Å². The minimum absolute atomic E-state index is 0.0547. The van der Waals surface area contributed by atoms with Crippen molar-refractivity contribution in [3.8, 4) is 0 Å². The largest absolute Gasteiger partial charge is 0.399 e. The lowest BCUT2D eigenvalue weighted by molar-refractivity contribution is 0.0941. The molecule has 4 nitrogen and oxygen atoms in total. The van der Waals surface area contributed by atoms with Crippen LogP contribution >= 0.6 is 11.3 Å². The standard InChI is InChI=1S/C14H17N3OS/c1-9(6-10-4-5-19-8-10)17-14(18)12-3-2-11(15)7-13(12)16/h2-5,7-9H,6,15-16H2,1H3,(H,17,18). The number of nitrogen functional groups attached to an aromatic ring is 2. The quantitative estimate of drug-likeness (QED) is 0.749. The fourth-order valence-corrected chi connectivity index (χ4v) is 2.58. The van der Waals surface area contributed by atoms with Gasteiger partial charge in [0.15, 0.2) is 0 Å². The number of carbonyl (C=O) groups is 1. The van der Waals surface area contributed by atoms with Crippen LogP contribution in [0.4, 0.5) is 11.4 Å². The van der Waals surface area contributed by atoms with Crippen molar-refractivity contribution in [2.45, 2.75) is 19.4 Å². The molecule has 0 saturated heterocycles. The number of hydrogen-bond acceptors (Lipinski definition) is 4. The lowest BCUT2D eigenvalue weighted by atomic mass is 10.1. The summed E-state index contributed by atoms with van der Waals surface area (Å²) in [6, 6.07) is 7.04. The molecule has 0 saturated carbocycles. The number of amides is 1. The van der Waals surface area contributed by atoms with E-state index in [2.05, 4.69) is 16.8 Å². The third-order valence-corrected chi connectivity index (χ3v) is 3.55. The molecule has 0 aliphatic heterocycles. The van der Waals surface area contributed by atoms with E-state index in [4.69, 9.17) is 11.5 Å². The van der Waals surface area contributed by atoms with Crippen molar-refractivity contribution in [3.63, 3.8) is 0 Å². The zero-order chi connectivity index (χ0) is 13.8. The second-order valence-electron chi connectivity index (χ2n) is 4.56. The fraction of sp³-hybridized carbons (Fsp3) is 0.214. The Hall–Kier alpha value is -2.01. The van der Waals surface area contributed by atoms with E-state index < -0.39 is 0 Å². The van der Waals surface area contributed by atoms with Crippen molar-refractivity contribution in [1.29, 1.82) is 0 Å². The molecule has 2 rings (SSSR count). The first kappa shape index (κ1) is 13.4. The van der Waals surface area contributed by atoms with Gasteiger partial charge in [-0.1, -0.05) is 0 Å². The smallest absolute Gasteiger partial charge is 0.253 e. The van der Waals surface area contributed by atoms with Gasteiger partial charge in [0.05, 0.1) is 5.56 Å². The van der Waals surface area contributed by atoms with Crippen molar-refractivity contribution < 1.29 is 4.79 Å². The van der Waals surface area contributed by atoms with Gasteiger partial charge in [-0.05, 0) is 53.9 Å². The molecule has 1 aromatic heterocycles. The van der Waals surface area contributed by atoms with E-state index in [1.807, 2.05) is 12.3 Å². The molecular weight excluding hydrogens is 258 g/mol. The van der Waals surface area contributed by atoms with Crippen molar-refractivity contribution in [1.82, 2.24) is 5.32 Å². The summed E-state index contributed by atoms with van der Waals surface area (Å²) in [5.74, 6) is -0.166. The summed E-state index contributed by atoms with van der Waals surface area (Å²) in [7, 11) is 0. The molecule has 1 amide bonds. The van der Waals surface area contributed by atoms with Gasteiger partial charge in [0.25, 0.3) is 5.91 Å². The maximum Gasteiger partial charge on any atom is 0.253 e. The molecule has 0 spiro atoms. The van der Waals surface area contributed by atoms with Gasteiger partial charge in [-0.25, -0.2) is 0 Å². The average molecular weight is 275 g/mol. The lowest BCUT2D eigenvalue weighted by Gasteiger charge is -2.14. The Balaban J connectivity index is 2.00. The van der Waals surface area contributed by atoms with E-state index in [1.165, 1.54) is 5.56 Å². The van der Waals surface area contributed by atoms with E-state index in [9.17, 15) is 4.79 Å². The second kappa shape index (κ2) is 5.75. The van der Waals surface area contributed by atoms with Gasteiger partial charge in [-0.3, -0.25) is 4.79 Å². The first-order valence-corrected chi connectivity index (χ1v) is 6.97. The van der Waals surface area contributed by atoms with Crippen LogP contribution < -0.4 is 16.8 Å². The minimum atomic E-state index is -0.166. The molecule has 1 heterocycles. The highest BCUT2D eigenvalue weighted by Gasteiger charge is 2.13. The molecule has 1 atom stereocenters. The molecular formula is C14H17N3OS. The summed E-state index contributed by atoms with van der Waals surface area (Å²) in [5.41, 5.74) is 14.1. The number of anilines is 2.